The second-order valence-corrected chi connectivity index (χ2v) is 13.7. The van der Waals surface area contributed by atoms with Crippen LogP contribution in [0.2, 0.25) is 5.02 Å². The molecule has 0 unspecified atom stereocenters. The van der Waals surface area contributed by atoms with E-state index in [1.807, 2.05) is 30.3 Å². The largest absolute Gasteiger partial charge is 0.444 e. The summed E-state index contributed by atoms with van der Waals surface area (Å²) in [6.07, 6.45) is -0.599. The summed E-state index contributed by atoms with van der Waals surface area (Å²) >= 11 is 7.00. The minimum absolute atomic E-state index is 0.0777. The molecule has 8 nitrogen and oxygen atoms in total. The van der Waals surface area contributed by atoms with Crippen LogP contribution in [0.3, 0.4) is 0 Å². The number of carbonyl (C=O) groups is 2. The average Bonchev–Trinajstić information content (AvgIpc) is 3.25. The number of amides is 2. The van der Waals surface area contributed by atoms with Gasteiger partial charge in [0.15, 0.2) is 15.0 Å². The Morgan fingerprint density at radius 1 is 1.22 bits per heavy atom. The molecule has 0 radical (unpaired) electrons. The number of nitrogens with zero attached hydrogens (tertiary/aromatic N) is 2. The molecule has 0 bridgehead atoms. The van der Waals surface area contributed by atoms with Crippen LogP contribution in [0, 0.1) is 5.82 Å². The summed E-state index contributed by atoms with van der Waals surface area (Å²) in [6.45, 7) is 5.14. The molecule has 198 valence electrons. The van der Waals surface area contributed by atoms with Crippen LogP contribution in [0.1, 0.15) is 26.3 Å². The molecule has 2 heterocycles. The van der Waals surface area contributed by atoms with Gasteiger partial charge in [-0.1, -0.05) is 53.7 Å². The zero-order valence-electron chi connectivity index (χ0n) is 20.5. The number of anilines is 1. The van der Waals surface area contributed by atoms with Crippen molar-refractivity contribution >= 4 is 56.1 Å². The molecule has 0 spiro atoms. The Labute approximate surface area is 224 Å². The maximum Gasteiger partial charge on any atom is 0.408 e. The van der Waals surface area contributed by atoms with Gasteiger partial charge in [0, 0.05) is 17.4 Å². The van der Waals surface area contributed by atoms with E-state index in [1.54, 1.807) is 31.7 Å². The fraction of sp³-hybridized carbons (Fsp3) is 0.400. The molecule has 4 rings (SSSR count). The summed E-state index contributed by atoms with van der Waals surface area (Å²) in [5.74, 6) is -1.54. The van der Waals surface area contributed by atoms with E-state index in [9.17, 15) is 22.4 Å². The van der Waals surface area contributed by atoms with Crippen molar-refractivity contribution < 1.29 is 27.1 Å². The summed E-state index contributed by atoms with van der Waals surface area (Å²) in [7, 11) is -3.30. The van der Waals surface area contributed by atoms with Crippen molar-refractivity contribution in [3.8, 4) is 0 Å². The number of sulfone groups is 1. The van der Waals surface area contributed by atoms with Gasteiger partial charge in [0.1, 0.15) is 17.5 Å². The van der Waals surface area contributed by atoms with Gasteiger partial charge >= 0.3 is 6.09 Å². The van der Waals surface area contributed by atoms with E-state index in [1.165, 1.54) is 12.1 Å². The predicted octanol–water partition coefficient (Wildman–Crippen LogP) is 4.22. The van der Waals surface area contributed by atoms with Gasteiger partial charge < -0.3 is 15.0 Å². The first kappa shape index (κ1) is 27.4. The Kier molecular flexibility index (Phi) is 7.87. The van der Waals surface area contributed by atoms with Crippen LogP contribution in [-0.4, -0.2) is 60.0 Å². The van der Waals surface area contributed by atoms with Crippen molar-refractivity contribution in [2.75, 3.05) is 16.4 Å². The van der Waals surface area contributed by atoms with Crippen molar-refractivity contribution in [3.05, 3.63) is 64.9 Å². The number of carbonyl (C=O) groups excluding carboxylic acids is 2. The highest BCUT2D eigenvalue weighted by Crippen LogP contribution is 2.41. The van der Waals surface area contributed by atoms with Gasteiger partial charge in [0.25, 0.3) is 5.91 Å². The van der Waals surface area contributed by atoms with Gasteiger partial charge in [-0.05, 0) is 44.5 Å². The minimum Gasteiger partial charge on any atom is -0.444 e. The Morgan fingerprint density at radius 2 is 1.92 bits per heavy atom. The Morgan fingerprint density at radius 3 is 2.57 bits per heavy atom. The smallest absolute Gasteiger partial charge is 0.408 e. The molecule has 0 aliphatic carbocycles. The number of aliphatic imine (C=N–C) groups is 1. The normalized spacial score (nSPS) is 22.5. The van der Waals surface area contributed by atoms with E-state index in [4.69, 9.17) is 16.3 Å². The molecular weight excluding hydrogens is 541 g/mol. The third kappa shape index (κ3) is 6.82. The van der Waals surface area contributed by atoms with Gasteiger partial charge in [0.2, 0.25) is 0 Å². The second kappa shape index (κ2) is 10.6. The van der Waals surface area contributed by atoms with Gasteiger partial charge in [-0.15, -0.1) is 0 Å². The fourth-order valence-corrected chi connectivity index (χ4v) is 8.21. The Bertz CT molecular complexity index is 1330. The zero-order chi connectivity index (χ0) is 27.0. The summed E-state index contributed by atoms with van der Waals surface area (Å²) in [6, 6.07) is 11.7. The topological polar surface area (TPSA) is 105 Å². The summed E-state index contributed by atoms with van der Waals surface area (Å²) in [5.41, 5.74) is 0.372. The van der Waals surface area contributed by atoms with E-state index in [2.05, 4.69) is 10.3 Å². The highest BCUT2D eigenvalue weighted by molar-refractivity contribution is 8.16. The number of alkyl carbamates (subject to hydrolysis) is 1. The lowest BCUT2D eigenvalue weighted by atomic mass is 10.1. The molecule has 0 saturated carbocycles. The van der Waals surface area contributed by atoms with Crippen molar-refractivity contribution in [3.63, 3.8) is 0 Å². The number of rotatable bonds is 5. The Balaban J connectivity index is 1.66. The first-order valence-electron chi connectivity index (χ1n) is 11.6. The first-order valence-corrected chi connectivity index (χ1v) is 14.7. The SMILES string of the molecule is CC(C)(C)OC(=O)N[C@H](Cc1ccccc1)C(=O)N=C1S[C@H]2CS(=O)(=O)C[C@H]2N1c1ccc(Cl)c(F)c1. The number of hydrogen-bond acceptors (Lipinski definition) is 6. The van der Waals surface area contributed by atoms with Crippen LogP contribution in [0.15, 0.2) is 53.5 Å². The van der Waals surface area contributed by atoms with E-state index < -0.39 is 45.3 Å². The number of thioether (sulfide) groups is 1. The molecule has 2 aromatic carbocycles. The lowest BCUT2D eigenvalue weighted by Gasteiger charge is -2.25. The van der Waals surface area contributed by atoms with Gasteiger partial charge in [-0.25, -0.2) is 17.6 Å². The summed E-state index contributed by atoms with van der Waals surface area (Å²) in [4.78, 5) is 31.8. The molecule has 0 aromatic heterocycles. The average molecular weight is 568 g/mol. The molecule has 3 atom stereocenters. The minimum atomic E-state index is -3.30. The van der Waals surface area contributed by atoms with Crippen LogP contribution in [0.4, 0.5) is 14.9 Å². The molecule has 37 heavy (non-hydrogen) atoms. The first-order chi connectivity index (χ1) is 17.3. The van der Waals surface area contributed by atoms with Crippen molar-refractivity contribution in [1.82, 2.24) is 5.32 Å². The van der Waals surface area contributed by atoms with E-state index in [0.29, 0.717) is 5.69 Å². The molecule has 12 heteroatoms. The van der Waals surface area contributed by atoms with Crippen LogP contribution in [0.5, 0.6) is 0 Å². The number of hydrogen-bond donors (Lipinski definition) is 1. The highest BCUT2D eigenvalue weighted by atomic mass is 35.5. The Hall–Kier alpha value is -2.63. The standard InChI is InChI=1S/C25H27ClFN3O5S2/c1-25(2,3)35-24(32)28-19(11-15-7-5-4-6-8-15)22(31)29-23-30(16-9-10-17(26)18(27)12-16)20-13-37(33,34)14-21(20)36-23/h4-10,12,19-21H,11,13-14H2,1-3H3,(H,28,32)/t19-,20-,21+/m1/s1. The zero-order valence-corrected chi connectivity index (χ0v) is 22.9. The number of fused-ring (bicyclic) bond motifs is 1. The van der Waals surface area contributed by atoms with Crippen LogP contribution >= 0.6 is 23.4 Å². The number of benzene rings is 2. The summed E-state index contributed by atoms with van der Waals surface area (Å²) < 4.78 is 44.3. The van der Waals surface area contributed by atoms with Crippen molar-refractivity contribution in [2.24, 2.45) is 4.99 Å². The van der Waals surface area contributed by atoms with Crippen LogP contribution in [0.25, 0.3) is 0 Å². The maximum absolute atomic E-state index is 14.3. The quantitative estimate of drug-likeness (QED) is 0.577. The predicted molar refractivity (Wildman–Crippen MR) is 143 cm³/mol. The number of halogens is 2. The molecule has 2 aliphatic heterocycles. The maximum atomic E-state index is 14.3. The monoisotopic (exact) mass is 567 g/mol. The number of amidine groups is 1. The highest BCUT2D eigenvalue weighted by Gasteiger charge is 2.49. The lowest BCUT2D eigenvalue weighted by molar-refractivity contribution is -0.119. The van der Waals surface area contributed by atoms with Gasteiger partial charge in [0.05, 0.1) is 22.6 Å². The molecule has 2 fully saturated rings. The van der Waals surface area contributed by atoms with Crippen LogP contribution < -0.4 is 10.2 Å². The van der Waals surface area contributed by atoms with Gasteiger partial charge in [-0.3, -0.25) is 4.79 Å². The second-order valence-electron chi connectivity index (χ2n) is 9.89. The molecule has 2 aliphatic rings. The van der Waals surface area contributed by atoms with E-state index in [0.717, 1.165) is 17.3 Å². The van der Waals surface area contributed by atoms with E-state index in [-0.39, 0.29) is 33.4 Å². The molecule has 2 amide bonds. The molecule has 2 saturated heterocycles. The van der Waals surface area contributed by atoms with E-state index >= 15 is 0 Å². The number of ether oxygens (including phenoxy) is 1. The molecular formula is C25H27ClFN3O5S2. The fourth-order valence-electron chi connectivity index (χ4n) is 4.17. The van der Waals surface area contributed by atoms with Gasteiger partial charge in [-0.2, -0.15) is 4.99 Å². The molecule has 1 N–H and O–H groups in total. The van der Waals surface area contributed by atoms with Crippen LogP contribution in [-0.2, 0) is 25.8 Å². The van der Waals surface area contributed by atoms with Crippen molar-refractivity contribution in [1.29, 1.82) is 0 Å². The third-order valence-corrected chi connectivity index (χ3v) is 9.24. The van der Waals surface area contributed by atoms with Crippen molar-refractivity contribution in [2.45, 2.75) is 50.1 Å². The lowest BCUT2D eigenvalue weighted by Crippen LogP contribution is -2.45. The summed E-state index contributed by atoms with van der Waals surface area (Å²) in [5, 5.41) is 2.40. The number of nitrogens with one attached hydrogen (secondary N) is 1. The molecule has 2 aromatic rings. The third-order valence-electron chi connectivity index (χ3n) is 5.73.